The van der Waals surface area contributed by atoms with Gasteiger partial charge in [0.25, 0.3) is 0 Å². The van der Waals surface area contributed by atoms with Gasteiger partial charge < -0.3 is 5.73 Å². The van der Waals surface area contributed by atoms with E-state index in [4.69, 9.17) is 5.73 Å². The molecule has 5 heteroatoms. The second kappa shape index (κ2) is 6.70. The van der Waals surface area contributed by atoms with Crippen LogP contribution in [0.25, 0.3) is 0 Å². The van der Waals surface area contributed by atoms with Crippen LogP contribution in [0.15, 0.2) is 29.2 Å². The van der Waals surface area contributed by atoms with Crippen molar-refractivity contribution in [2.75, 3.05) is 6.54 Å². The van der Waals surface area contributed by atoms with Crippen LogP contribution in [0.2, 0.25) is 0 Å². The maximum atomic E-state index is 12.2. The summed E-state index contributed by atoms with van der Waals surface area (Å²) in [5, 5.41) is 0. The molecule has 0 aromatic heterocycles. The van der Waals surface area contributed by atoms with Crippen molar-refractivity contribution in [1.29, 1.82) is 0 Å². The number of benzene rings is 1. The molecule has 1 aliphatic carbocycles. The molecular formula is C15H24N2O2S. The van der Waals surface area contributed by atoms with E-state index in [2.05, 4.69) is 4.72 Å². The Morgan fingerprint density at radius 2 is 1.80 bits per heavy atom. The first-order valence-electron chi connectivity index (χ1n) is 7.34. The summed E-state index contributed by atoms with van der Waals surface area (Å²) in [6.07, 6.45) is 5.98. The highest BCUT2D eigenvalue weighted by Crippen LogP contribution is 2.23. The molecule has 1 saturated carbocycles. The van der Waals surface area contributed by atoms with Gasteiger partial charge in [0, 0.05) is 12.6 Å². The second-order valence-corrected chi connectivity index (χ2v) is 7.48. The predicted octanol–water partition coefficient (Wildman–Crippen LogP) is 2.56. The molecule has 0 saturated heterocycles. The van der Waals surface area contributed by atoms with Crippen molar-refractivity contribution in [3.63, 3.8) is 0 Å². The average molecular weight is 296 g/mol. The SMILES string of the molecule is CC(N)c1ccc(S(=O)(=O)NCC2CCCCC2)cc1. The number of rotatable bonds is 5. The molecule has 0 radical (unpaired) electrons. The molecular weight excluding hydrogens is 272 g/mol. The van der Waals surface area contributed by atoms with E-state index < -0.39 is 10.0 Å². The first-order valence-corrected chi connectivity index (χ1v) is 8.82. The summed E-state index contributed by atoms with van der Waals surface area (Å²) in [6, 6.07) is 6.73. The quantitative estimate of drug-likeness (QED) is 0.877. The third-order valence-corrected chi connectivity index (χ3v) is 5.44. The Bertz CT molecular complexity index is 517. The van der Waals surface area contributed by atoms with Crippen LogP contribution in [-0.2, 0) is 10.0 Å². The Labute approximate surface area is 121 Å². The highest BCUT2D eigenvalue weighted by molar-refractivity contribution is 7.89. The van der Waals surface area contributed by atoms with E-state index >= 15 is 0 Å². The zero-order valence-corrected chi connectivity index (χ0v) is 12.8. The molecule has 0 heterocycles. The average Bonchev–Trinajstić information content (AvgIpc) is 2.46. The molecule has 0 amide bonds. The summed E-state index contributed by atoms with van der Waals surface area (Å²) in [5.74, 6) is 0.488. The summed E-state index contributed by atoms with van der Waals surface area (Å²) in [5.41, 5.74) is 6.70. The third-order valence-electron chi connectivity index (χ3n) is 4.00. The smallest absolute Gasteiger partial charge is 0.240 e. The number of sulfonamides is 1. The number of hydrogen-bond acceptors (Lipinski definition) is 3. The minimum absolute atomic E-state index is 0.0815. The summed E-state index contributed by atoms with van der Waals surface area (Å²) < 4.78 is 27.2. The predicted molar refractivity (Wildman–Crippen MR) is 80.8 cm³/mol. The van der Waals surface area contributed by atoms with Gasteiger partial charge in [-0.05, 0) is 43.4 Å². The molecule has 1 aromatic rings. The van der Waals surface area contributed by atoms with Crippen molar-refractivity contribution in [2.24, 2.45) is 11.7 Å². The van der Waals surface area contributed by atoms with Crippen LogP contribution in [0.1, 0.15) is 50.6 Å². The van der Waals surface area contributed by atoms with Gasteiger partial charge in [0.1, 0.15) is 0 Å². The lowest BCUT2D eigenvalue weighted by molar-refractivity contribution is 0.357. The summed E-state index contributed by atoms with van der Waals surface area (Å²) in [7, 11) is -3.39. The first kappa shape index (κ1) is 15.5. The van der Waals surface area contributed by atoms with Crippen LogP contribution in [-0.4, -0.2) is 15.0 Å². The van der Waals surface area contributed by atoms with E-state index in [1.165, 1.54) is 19.3 Å². The Morgan fingerprint density at radius 1 is 1.20 bits per heavy atom. The van der Waals surface area contributed by atoms with Crippen molar-refractivity contribution in [1.82, 2.24) is 4.72 Å². The molecule has 3 N–H and O–H groups in total. The van der Waals surface area contributed by atoms with E-state index in [9.17, 15) is 8.42 Å². The number of nitrogens with one attached hydrogen (secondary N) is 1. The largest absolute Gasteiger partial charge is 0.324 e. The van der Waals surface area contributed by atoms with Gasteiger partial charge in [-0.1, -0.05) is 31.4 Å². The van der Waals surface area contributed by atoms with Crippen LogP contribution < -0.4 is 10.5 Å². The minimum Gasteiger partial charge on any atom is -0.324 e. The van der Waals surface area contributed by atoms with Crippen molar-refractivity contribution in [2.45, 2.75) is 50.0 Å². The van der Waals surface area contributed by atoms with Gasteiger partial charge >= 0.3 is 0 Å². The van der Waals surface area contributed by atoms with Gasteiger partial charge in [0.15, 0.2) is 0 Å². The van der Waals surface area contributed by atoms with E-state index in [0.717, 1.165) is 18.4 Å². The Morgan fingerprint density at radius 3 is 2.35 bits per heavy atom. The standard InChI is InChI=1S/C15H24N2O2S/c1-12(16)14-7-9-15(10-8-14)20(18,19)17-11-13-5-3-2-4-6-13/h7-10,12-13,17H,2-6,11,16H2,1H3. The molecule has 0 aliphatic heterocycles. The molecule has 1 unspecified atom stereocenters. The zero-order valence-electron chi connectivity index (χ0n) is 12.0. The van der Waals surface area contributed by atoms with Gasteiger partial charge in [0.05, 0.1) is 4.90 Å². The molecule has 0 bridgehead atoms. The lowest BCUT2D eigenvalue weighted by atomic mass is 9.90. The van der Waals surface area contributed by atoms with Crippen molar-refractivity contribution < 1.29 is 8.42 Å². The Balaban J connectivity index is 1.98. The van der Waals surface area contributed by atoms with E-state index in [1.54, 1.807) is 24.3 Å². The highest BCUT2D eigenvalue weighted by atomic mass is 32.2. The normalized spacial score (nSPS) is 18.9. The van der Waals surface area contributed by atoms with Gasteiger partial charge in [-0.3, -0.25) is 0 Å². The fourth-order valence-electron chi connectivity index (χ4n) is 2.65. The second-order valence-electron chi connectivity index (χ2n) is 5.71. The van der Waals surface area contributed by atoms with Crippen LogP contribution in [0.5, 0.6) is 0 Å². The van der Waals surface area contributed by atoms with Gasteiger partial charge in [-0.15, -0.1) is 0 Å². The Kier molecular flexibility index (Phi) is 5.18. The summed E-state index contributed by atoms with van der Waals surface area (Å²) in [4.78, 5) is 0.317. The molecule has 4 nitrogen and oxygen atoms in total. The maximum Gasteiger partial charge on any atom is 0.240 e. The molecule has 1 fully saturated rings. The molecule has 112 valence electrons. The van der Waals surface area contributed by atoms with Crippen molar-refractivity contribution in [3.8, 4) is 0 Å². The fourth-order valence-corrected chi connectivity index (χ4v) is 3.77. The topological polar surface area (TPSA) is 72.2 Å². The minimum atomic E-state index is -3.39. The van der Waals surface area contributed by atoms with Gasteiger partial charge in [-0.2, -0.15) is 0 Å². The van der Waals surface area contributed by atoms with E-state index in [1.807, 2.05) is 6.92 Å². The number of hydrogen-bond donors (Lipinski definition) is 2. The summed E-state index contributed by atoms with van der Waals surface area (Å²) in [6.45, 7) is 2.43. The van der Waals surface area contributed by atoms with Gasteiger partial charge in [0.2, 0.25) is 10.0 Å². The van der Waals surface area contributed by atoms with Crippen molar-refractivity contribution in [3.05, 3.63) is 29.8 Å². The molecule has 2 rings (SSSR count). The van der Waals surface area contributed by atoms with E-state index in [0.29, 0.717) is 17.4 Å². The van der Waals surface area contributed by atoms with Gasteiger partial charge in [-0.25, -0.2) is 13.1 Å². The lowest BCUT2D eigenvalue weighted by Crippen LogP contribution is -2.30. The molecule has 0 spiro atoms. The maximum absolute atomic E-state index is 12.2. The highest BCUT2D eigenvalue weighted by Gasteiger charge is 2.18. The molecule has 20 heavy (non-hydrogen) atoms. The fraction of sp³-hybridized carbons (Fsp3) is 0.600. The van der Waals surface area contributed by atoms with Crippen LogP contribution in [0, 0.1) is 5.92 Å². The molecule has 1 aliphatic rings. The van der Waals surface area contributed by atoms with Crippen LogP contribution in [0.3, 0.4) is 0 Å². The summed E-state index contributed by atoms with van der Waals surface area (Å²) >= 11 is 0. The lowest BCUT2D eigenvalue weighted by Gasteiger charge is -2.21. The first-order chi connectivity index (χ1) is 9.49. The van der Waals surface area contributed by atoms with Crippen LogP contribution >= 0.6 is 0 Å². The van der Waals surface area contributed by atoms with E-state index in [-0.39, 0.29) is 6.04 Å². The Hall–Kier alpha value is -0.910. The van der Waals surface area contributed by atoms with Crippen LogP contribution in [0.4, 0.5) is 0 Å². The zero-order chi connectivity index (χ0) is 14.6. The third kappa shape index (κ3) is 4.04. The number of nitrogens with two attached hydrogens (primary N) is 1. The monoisotopic (exact) mass is 296 g/mol. The molecule has 1 atom stereocenters. The van der Waals surface area contributed by atoms with Crippen molar-refractivity contribution >= 4 is 10.0 Å². The molecule has 1 aromatic carbocycles.